The second-order valence-electron chi connectivity index (χ2n) is 5.07. The fourth-order valence-electron chi connectivity index (χ4n) is 1.79. The van der Waals surface area contributed by atoms with Gasteiger partial charge in [0.05, 0.1) is 16.7 Å². The van der Waals surface area contributed by atoms with E-state index in [9.17, 15) is 4.79 Å². The molecule has 0 aliphatic heterocycles. The first-order valence-corrected chi connectivity index (χ1v) is 8.09. The molecule has 1 atom stereocenters. The predicted molar refractivity (Wildman–Crippen MR) is 81.2 cm³/mol. The molecule has 0 amide bonds. The fourth-order valence-corrected chi connectivity index (χ4v) is 2.84. The normalized spacial score (nSPS) is 17.6. The van der Waals surface area contributed by atoms with Crippen molar-refractivity contribution >= 4 is 29.3 Å². The van der Waals surface area contributed by atoms with Gasteiger partial charge in [0.1, 0.15) is 5.54 Å². The SMILES string of the molecule is CCOC(=O)C(C)(CSc1ccc(Cl)cn1)NC1CC1. The Kier molecular flexibility index (Phi) is 5.29. The number of thioether (sulfide) groups is 1. The molecule has 20 heavy (non-hydrogen) atoms. The first-order valence-electron chi connectivity index (χ1n) is 6.73. The Balaban J connectivity index is 1.99. The van der Waals surface area contributed by atoms with Crippen LogP contribution in [0.4, 0.5) is 0 Å². The average molecular weight is 315 g/mol. The van der Waals surface area contributed by atoms with E-state index in [0.717, 1.165) is 17.9 Å². The summed E-state index contributed by atoms with van der Waals surface area (Å²) in [6.45, 7) is 4.11. The van der Waals surface area contributed by atoms with Crippen molar-refractivity contribution in [1.29, 1.82) is 0 Å². The molecular formula is C14H19ClN2O2S. The Labute approximate surface area is 128 Å². The summed E-state index contributed by atoms with van der Waals surface area (Å²) >= 11 is 7.34. The number of ether oxygens (including phenoxy) is 1. The molecule has 6 heteroatoms. The van der Waals surface area contributed by atoms with Gasteiger partial charge in [0, 0.05) is 18.0 Å². The lowest BCUT2D eigenvalue weighted by molar-refractivity contribution is -0.149. The minimum atomic E-state index is -0.677. The van der Waals surface area contributed by atoms with E-state index in [1.165, 1.54) is 11.8 Å². The molecular weight excluding hydrogens is 296 g/mol. The van der Waals surface area contributed by atoms with Gasteiger partial charge in [0.25, 0.3) is 0 Å². The Morgan fingerprint density at radius 3 is 2.90 bits per heavy atom. The van der Waals surface area contributed by atoms with Crippen molar-refractivity contribution in [2.24, 2.45) is 0 Å². The number of nitrogens with one attached hydrogen (secondary N) is 1. The van der Waals surface area contributed by atoms with E-state index in [1.54, 1.807) is 12.3 Å². The van der Waals surface area contributed by atoms with Gasteiger partial charge < -0.3 is 4.74 Å². The topological polar surface area (TPSA) is 51.2 Å². The Morgan fingerprint density at radius 2 is 2.35 bits per heavy atom. The first kappa shape index (κ1) is 15.6. The van der Waals surface area contributed by atoms with E-state index >= 15 is 0 Å². The van der Waals surface area contributed by atoms with E-state index < -0.39 is 5.54 Å². The highest BCUT2D eigenvalue weighted by molar-refractivity contribution is 7.99. The minimum absolute atomic E-state index is 0.201. The van der Waals surface area contributed by atoms with Gasteiger partial charge in [-0.3, -0.25) is 10.1 Å². The van der Waals surface area contributed by atoms with Crippen LogP contribution in [0.3, 0.4) is 0 Å². The van der Waals surface area contributed by atoms with Gasteiger partial charge in [-0.2, -0.15) is 0 Å². The van der Waals surface area contributed by atoms with Crippen molar-refractivity contribution in [3.8, 4) is 0 Å². The maximum Gasteiger partial charge on any atom is 0.326 e. The number of carbonyl (C=O) groups is 1. The molecule has 0 bridgehead atoms. The minimum Gasteiger partial charge on any atom is -0.465 e. The van der Waals surface area contributed by atoms with Crippen LogP contribution in [0.2, 0.25) is 5.02 Å². The van der Waals surface area contributed by atoms with Crippen LogP contribution in [0.15, 0.2) is 23.4 Å². The summed E-state index contributed by atoms with van der Waals surface area (Å²) < 4.78 is 5.19. The summed E-state index contributed by atoms with van der Waals surface area (Å²) in [7, 11) is 0. The number of halogens is 1. The number of carbonyl (C=O) groups excluding carboxylic acids is 1. The van der Waals surface area contributed by atoms with Gasteiger partial charge in [0.2, 0.25) is 0 Å². The van der Waals surface area contributed by atoms with Crippen LogP contribution in [-0.4, -0.2) is 34.9 Å². The highest BCUT2D eigenvalue weighted by atomic mass is 35.5. The lowest BCUT2D eigenvalue weighted by atomic mass is 10.1. The molecule has 1 aromatic heterocycles. The third-order valence-electron chi connectivity index (χ3n) is 3.03. The third kappa shape index (κ3) is 4.36. The molecule has 0 saturated heterocycles. The van der Waals surface area contributed by atoms with Crippen LogP contribution >= 0.6 is 23.4 Å². The molecule has 1 fully saturated rings. The van der Waals surface area contributed by atoms with Crippen LogP contribution in [0, 0.1) is 0 Å². The van der Waals surface area contributed by atoms with Crippen molar-refractivity contribution in [2.45, 2.75) is 43.3 Å². The average Bonchev–Trinajstić information content (AvgIpc) is 3.22. The molecule has 0 aromatic carbocycles. The molecule has 1 saturated carbocycles. The fraction of sp³-hybridized carbons (Fsp3) is 0.571. The zero-order valence-corrected chi connectivity index (χ0v) is 13.3. The van der Waals surface area contributed by atoms with Crippen LogP contribution in [-0.2, 0) is 9.53 Å². The molecule has 1 N–H and O–H groups in total. The first-order chi connectivity index (χ1) is 9.53. The Morgan fingerprint density at radius 1 is 1.60 bits per heavy atom. The number of hydrogen-bond acceptors (Lipinski definition) is 5. The predicted octanol–water partition coefficient (Wildman–Crippen LogP) is 2.90. The van der Waals surface area contributed by atoms with E-state index in [4.69, 9.17) is 16.3 Å². The molecule has 0 spiro atoms. The van der Waals surface area contributed by atoms with Crippen molar-refractivity contribution in [2.75, 3.05) is 12.4 Å². The van der Waals surface area contributed by atoms with Crippen LogP contribution < -0.4 is 5.32 Å². The van der Waals surface area contributed by atoms with E-state index in [0.29, 0.717) is 23.4 Å². The van der Waals surface area contributed by atoms with E-state index in [2.05, 4.69) is 10.3 Å². The van der Waals surface area contributed by atoms with Crippen LogP contribution in [0.1, 0.15) is 26.7 Å². The van der Waals surface area contributed by atoms with Gasteiger partial charge in [-0.1, -0.05) is 11.6 Å². The highest BCUT2D eigenvalue weighted by Gasteiger charge is 2.39. The monoisotopic (exact) mass is 314 g/mol. The number of aromatic nitrogens is 1. The van der Waals surface area contributed by atoms with Crippen LogP contribution in [0.5, 0.6) is 0 Å². The quantitative estimate of drug-likeness (QED) is 0.619. The molecule has 110 valence electrons. The zero-order valence-electron chi connectivity index (χ0n) is 11.7. The molecule has 1 aliphatic carbocycles. The van der Waals surface area contributed by atoms with E-state index in [1.807, 2.05) is 19.9 Å². The summed E-state index contributed by atoms with van der Waals surface area (Å²) in [5.41, 5.74) is -0.677. The summed E-state index contributed by atoms with van der Waals surface area (Å²) in [6, 6.07) is 4.09. The number of nitrogens with zero attached hydrogens (tertiary/aromatic N) is 1. The van der Waals surface area contributed by atoms with Crippen molar-refractivity contribution in [3.05, 3.63) is 23.4 Å². The summed E-state index contributed by atoms with van der Waals surface area (Å²) in [5.74, 6) is 0.380. The molecule has 1 unspecified atom stereocenters. The number of esters is 1. The summed E-state index contributed by atoms with van der Waals surface area (Å²) in [4.78, 5) is 16.4. The highest BCUT2D eigenvalue weighted by Crippen LogP contribution is 2.28. The second-order valence-corrected chi connectivity index (χ2v) is 6.51. The molecule has 1 aliphatic rings. The van der Waals surface area contributed by atoms with Crippen molar-refractivity contribution in [3.63, 3.8) is 0 Å². The Bertz CT molecular complexity index is 465. The molecule has 1 heterocycles. The lowest BCUT2D eigenvalue weighted by Crippen LogP contribution is -2.53. The van der Waals surface area contributed by atoms with Gasteiger partial charge in [-0.25, -0.2) is 4.98 Å². The van der Waals surface area contributed by atoms with Gasteiger partial charge in [-0.15, -0.1) is 11.8 Å². The van der Waals surface area contributed by atoms with Crippen molar-refractivity contribution < 1.29 is 9.53 Å². The molecule has 2 rings (SSSR count). The largest absolute Gasteiger partial charge is 0.465 e. The molecule has 0 radical (unpaired) electrons. The van der Waals surface area contributed by atoms with Gasteiger partial charge in [0.15, 0.2) is 0 Å². The van der Waals surface area contributed by atoms with Gasteiger partial charge >= 0.3 is 5.97 Å². The maximum absolute atomic E-state index is 12.2. The zero-order chi connectivity index (χ0) is 14.6. The molecule has 1 aromatic rings. The summed E-state index contributed by atoms with van der Waals surface area (Å²) in [6.07, 6.45) is 3.86. The maximum atomic E-state index is 12.2. The van der Waals surface area contributed by atoms with E-state index in [-0.39, 0.29) is 5.97 Å². The smallest absolute Gasteiger partial charge is 0.326 e. The van der Waals surface area contributed by atoms with Gasteiger partial charge in [-0.05, 0) is 38.8 Å². The number of rotatable bonds is 7. The summed E-state index contributed by atoms with van der Waals surface area (Å²) in [5, 5.41) is 4.84. The van der Waals surface area contributed by atoms with Crippen molar-refractivity contribution in [1.82, 2.24) is 10.3 Å². The number of hydrogen-bond donors (Lipinski definition) is 1. The standard InChI is InChI=1S/C14H19ClN2O2S/c1-3-19-13(18)14(2,17-11-5-6-11)9-20-12-7-4-10(15)8-16-12/h4,7-8,11,17H,3,5-6,9H2,1-2H3. The second kappa shape index (κ2) is 6.78. The lowest BCUT2D eigenvalue weighted by Gasteiger charge is -2.28. The molecule has 4 nitrogen and oxygen atoms in total. The van der Waals surface area contributed by atoms with Crippen LogP contribution in [0.25, 0.3) is 0 Å². The third-order valence-corrected chi connectivity index (χ3v) is 4.52. The number of pyridine rings is 1. The Hall–Kier alpha value is -0.780.